The SMILES string of the molecule is Cc1cccc(CNC(=O)Cc2ccccn2)c1. The maximum absolute atomic E-state index is 11.7. The Kier molecular flexibility index (Phi) is 4.07. The first-order valence-corrected chi connectivity index (χ1v) is 5.96. The Balaban J connectivity index is 1.85. The van der Waals surface area contributed by atoms with Crippen molar-refractivity contribution in [1.29, 1.82) is 0 Å². The van der Waals surface area contributed by atoms with Crippen molar-refractivity contribution in [3.63, 3.8) is 0 Å². The summed E-state index contributed by atoms with van der Waals surface area (Å²) in [5.74, 6) is -0.00444. The summed E-state index contributed by atoms with van der Waals surface area (Å²) in [6.07, 6.45) is 2.02. The lowest BCUT2D eigenvalue weighted by atomic mass is 10.1. The van der Waals surface area contributed by atoms with E-state index in [0.717, 1.165) is 11.3 Å². The molecule has 1 amide bonds. The number of benzene rings is 1. The first-order chi connectivity index (χ1) is 8.74. The predicted molar refractivity (Wildman–Crippen MR) is 71.0 cm³/mol. The van der Waals surface area contributed by atoms with Crippen molar-refractivity contribution in [1.82, 2.24) is 10.3 Å². The van der Waals surface area contributed by atoms with E-state index < -0.39 is 0 Å². The molecule has 1 heterocycles. The Bertz CT molecular complexity index is 523. The first kappa shape index (κ1) is 12.3. The Morgan fingerprint density at radius 2 is 2.11 bits per heavy atom. The lowest BCUT2D eigenvalue weighted by molar-refractivity contribution is -0.120. The minimum atomic E-state index is -0.00444. The molecule has 1 N–H and O–H groups in total. The number of carbonyl (C=O) groups excluding carboxylic acids is 1. The number of nitrogens with one attached hydrogen (secondary N) is 1. The molecule has 0 atom stereocenters. The summed E-state index contributed by atoms with van der Waals surface area (Å²) in [5.41, 5.74) is 3.11. The van der Waals surface area contributed by atoms with E-state index >= 15 is 0 Å². The highest BCUT2D eigenvalue weighted by molar-refractivity contribution is 5.78. The van der Waals surface area contributed by atoms with E-state index in [1.807, 2.05) is 43.3 Å². The highest BCUT2D eigenvalue weighted by atomic mass is 16.1. The zero-order valence-electron chi connectivity index (χ0n) is 10.4. The lowest BCUT2D eigenvalue weighted by Crippen LogP contribution is -2.24. The van der Waals surface area contributed by atoms with Crippen molar-refractivity contribution in [3.8, 4) is 0 Å². The molecule has 0 aliphatic carbocycles. The molecule has 3 nitrogen and oxygen atoms in total. The second-order valence-corrected chi connectivity index (χ2v) is 4.26. The molecule has 1 aromatic heterocycles. The molecule has 0 spiro atoms. The zero-order valence-corrected chi connectivity index (χ0v) is 10.4. The summed E-state index contributed by atoms with van der Waals surface area (Å²) >= 11 is 0. The molecule has 0 saturated heterocycles. The van der Waals surface area contributed by atoms with Crippen molar-refractivity contribution in [2.24, 2.45) is 0 Å². The number of rotatable bonds is 4. The maximum Gasteiger partial charge on any atom is 0.226 e. The number of amides is 1. The van der Waals surface area contributed by atoms with Crippen molar-refractivity contribution in [3.05, 3.63) is 65.5 Å². The molecule has 0 bridgehead atoms. The third-order valence-electron chi connectivity index (χ3n) is 2.64. The summed E-state index contributed by atoms with van der Waals surface area (Å²) in [7, 11) is 0. The fraction of sp³-hybridized carbons (Fsp3) is 0.200. The van der Waals surface area contributed by atoms with Crippen LogP contribution < -0.4 is 5.32 Å². The van der Waals surface area contributed by atoms with Crippen LogP contribution in [0.4, 0.5) is 0 Å². The van der Waals surface area contributed by atoms with Crippen LogP contribution in [-0.4, -0.2) is 10.9 Å². The Morgan fingerprint density at radius 1 is 1.22 bits per heavy atom. The molecule has 2 aromatic rings. The molecule has 0 aliphatic rings. The van der Waals surface area contributed by atoms with Gasteiger partial charge in [-0.15, -0.1) is 0 Å². The van der Waals surface area contributed by atoms with Crippen LogP contribution in [0.2, 0.25) is 0 Å². The lowest BCUT2D eigenvalue weighted by Gasteiger charge is -2.05. The number of hydrogen-bond acceptors (Lipinski definition) is 2. The van der Waals surface area contributed by atoms with Gasteiger partial charge in [-0.05, 0) is 24.6 Å². The number of aryl methyl sites for hydroxylation is 1. The average Bonchev–Trinajstić information content (AvgIpc) is 2.38. The molecular formula is C15H16N2O. The molecular weight excluding hydrogens is 224 g/mol. The predicted octanol–water partition coefficient (Wildman–Crippen LogP) is 2.25. The van der Waals surface area contributed by atoms with Gasteiger partial charge in [-0.2, -0.15) is 0 Å². The minimum absolute atomic E-state index is 0.00444. The largest absolute Gasteiger partial charge is 0.352 e. The van der Waals surface area contributed by atoms with E-state index in [1.165, 1.54) is 5.56 Å². The molecule has 0 aliphatic heterocycles. The van der Waals surface area contributed by atoms with Crippen LogP contribution in [0.1, 0.15) is 16.8 Å². The fourth-order valence-electron chi connectivity index (χ4n) is 1.75. The molecule has 18 heavy (non-hydrogen) atoms. The number of pyridine rings is 1. The Labute approximate surface area is 107 Å². The molecule has 3 heteroatoms. The minimum Gasteiger partial charge on any atom is -0.352 e. The van der Waals surface area contributed by atoms with Crippen LogP contribution in [-0.2, 0) is 17.8 Å². The Hall–Kier alpha value is -2.16. The second-order valence-electron chi connectivity index (χ2n) is 4.26. The normalized spacial score (nSPS) is 10.1. The van der Waals surface area contributed by atoms with Crippen molar-refractivity contribution in [2.45, 2.75) is 19.9 Å². The fourth-order valence-corrected chi connectivity index (χ4v) is 1.75. The van der Waals surface area contributed by atoms with Gasteiger partial charge in [-0.25, -0.2) is 0 Å². The molecule has 0 radical (unpaired) electrons. The molecule has 0 unspecified atom stereocenters. The van der Waals surface area contributed by atoms with Crippen LogP contribution in [0, 0.1) is 6.92 Å². The van der Waals surface area contributed by atoms with Gasteiger partial charge in [0.05, 0.1) is 6.42 Å². The topological polar surface area (TPSA) is 42.0 Å². The number of aromatic nitrogens is 1. The summed E-state index contributed by atoms with van der Waals surface area (Å²) in [6.45, 7) is 2.60. The average molecular weight is 240 g/mol. The highest BCUT2D eigenvalue weighted by Gasteiger charge is 2.03. The third-order valence-corrected chi connectivity index (χ3v) is 2.64. The van der Waals surface area contributed by atoms with Crippen LogP contribution in [0.15, 0.2) is 48.7 Å². The first-order valence-electron chi connectivity index (χ1n) is 5.96. The van der Waals surface area contributed by atoms with Gasteiger partial charge in [-0.3, -0.25) is 9.78 Å². The molecule has 0 fully saturated rings. The summed E-state index contributed by atoms with van der Waals surface area (Å²) < 4.78 is 0. The van der Waals surface area contributed by atoms with Crippen LogP contribution in [0.3, 0.4) is 0 Å². The van der Waals surface area contributed by atoms with Crippen molar-refractivity contribution >= 4 is 5.91 Å². The second kappa shape index (κ2) is 5.96. The number of nitrogens with zero attached hydrogens (tertiary/aromatic N) is 1. The molecule has 2 rings (SSSR count). The van der Waals surface area contributed by atoms with Gasteiger partial charge in [0.2, 0.25) is 5.91 Å². The smallest absolute Gasteiger partial charge is 0.226 e. The van der Waals surface area contributed by atoms with Gasteiger partial charge in [0.15, 0.2) is 0 Å². The quantitative estimate of drug-likeness (QED) is 0.890. The van der Waals surface area contributed by atoms with E-state index in [1.54, 1.807) is 6.20 Å². The monoisotopic (exact) mass is 240 g/mol. The van der Waals surface area contributed by atoms with Crippen LogP contribution in [0.5, 0.6) is 0 Å². The van der Waals surface area contributed by atoms with E-state index in [-0.39, 0.29) is 5.91 Å². The van der Waals surface area contributed by atoms with Crippen molar-refractivity contribution in [2.75, 3.05) is 0 Å². The van der Waals surface area contributed by atoms with Gasteiger partial charge in [0, 0.05) is 18.4 Å². The van der Waals surface area contributed by atoms with Crippen LogP contribution >= 0.6 is 0 Å². The molecule has 92 valence electrons. The van der Waals surface area contributed by atoms with Gasteiger partial charge in [0.25, 0.3) is 0 Å². The van der Waals surface area contributed by atoms with Gasteiger partial charge in [0.1, 0.15) is 0 Å². The van der Waals surface area contributed by atoms with Gasteiger partial charge >= 0.3 is 0 Å². The van der Waals surface area contributed by atoms with Gasteiger partial charge in [-0.1, -0.05) is 35.9 Å². The summed E-state index contributed by atoms with van der Waals surface area (Å²) in [6, 6.07) is 13.7. The molecule has 1 aromatic carbocycles. The van der Waals surface area contributed by atoms with Crippen molar-refractivity contribution < 1.29 is 4.79 Å². The highest BCUT2D eigenvalue weighted by Crippen LogP contribution is 2.03. The van der Waals surface area contributed by atoms with E-state index in [0.29, 0.717) is 13.0 Å². The Morgan fingerprint density at radius 3 is 2.83 bits per heavy atom. The third kappa shape index (κ3) is 3.70. The van der Waals surface area contributed by atoms with E-state index in [9.17, 15) is 4.79 Å². The summed E-state index contributed by atoms with van der Waals surface area (Å²) in [5, 5.41) is 2.90. The van der Waals surface area contributed by atoms with Gasteiger partial charge < -0.3 is 5.32 Å². The van der Waals surface area contributed by atoms with E-state index in [4.69, 9.17) is 0 Å². The maximum atomic E-state index is 11.7. The summed E-state index contributed by atoms with van der Waals surface area (Å²) in [4.78, 5) is 15.8. The van der Waals surface area contributed by atoms with E-state index in [2.05, 4.69) is 16.4 Å². The standard InChI is InChI=1S/C15H16N2O/c1-12-5-4-6-13(9-12)11-17-15(18)10-14-7-2-3-8-16-14/h2-9H,10-11H2,1H3,(H,17,18). The van der Waals surface area contributed by atoms with Crippen LogP contribution in [0.25, 0.3) is 0 Å². The number of hydrogen-bond donors (Lipinski definition) is 1. The molecule has 0 saturated carbocycles. The number of carbonyl (C=O) groups is 1. The zero-order chi connectivity index (χ0) is 12.8.